The maximum Gasteiger partial charge on any atom is 0.306 e. The maximum atomic E-state index is 12.0. The van der Waals surface area contributed by atoms with Gasteiger partial charge in [0.1, 0.15) is 11.6 Å². The minimum atomic E-state index is -0.223. The lowest BCUT2D eigenvalue weighted by molar-refractivity contribution is -0.145. The number of nitrogens with zero attached hydrogens (tertiary/aromatic N) is 1. The van der Waals surface area contributed by atoms with Gasteiger partial charge in [0.25, 0.3) is 0 Å². The highest BCUT2D eigenvalue weighted by Gasteiger charge is 2.10. The molecular formula is C17H20N2O3S. The molecule has 2 aromatic rings. The first-order valence-electron chi connectivity index (χ1n) is 7.52. The molecule has 1 aromatic carbocycles. The van der Waals surface area contributed by atoms with E-state index in [1.165, 1.54) is 11.3 Å². The molecule has 1 N–H and O–H groups in total. The Morgan fingerprint density at radius 3 is 2.70 bits per heavy atom. The Labute approximate surface area is 139 Å². The number of aromatic nitrogens is 1. The molecule has 0 aliphatic carbocycles. The van der Waals surface area contributed by atoms with Gasteiger partial charge in [0.15, 0.2) is 0 Å². The quantitative estimate of drug-likeness (QED) is 0.788. The first-order chi connectivity index (χ1) is 11.1. The lowest BCUT2D eigenvalue weighted by atomic mass is 10.2. The van der Waals surface area contributed by atoms with Crippen molar-refractivity contribution in [2.45, 2.75) is 39.7 Å². The third-order valence-corrected chi connectivity index (χ3v) is 3.98. The van der Waals surface area contributed by atoms with Crippen LogP contribution in [0, 0.1) is 6.92 Å². The summed E-state index contributed by atoms with van der Waals surface area (Å²) in [7, 11) is 0. The van der Waals surface area contributed by atoms with Crippen LogP contribution in [-0.4, -0.2) is 16.9 Å². The van der Waals surface area contributed by atoms with Gasteiger partial charge in [0.05, 0.1) is 12.1 Å². The van der Waals surface area contributed by atoms with Crippen molar-refractivity contribution >= 4 is 28.9 Å². The highest BCUT2D eigenvalue weighted by atomic mass is 32.1. The predicted octanol–water partition coefficient (Wildman–Crippen LogP) is 3.48. The Kier molecular flexibility index (Phi) is 6.29. The number of esters is 1. The molecule has 0 aliphatic heterocycles. The number of hydrogen-bond acceptors (Lipinski definition) is 5. The molecule has 0 atom stereocenters. The molecule has 122 valence electrons. The highest BCUT2D eigenvalue weighted by Crippen LogP contribution is 2.14. The third-order valence-electron chi connectivity index (χ3n) is 3.08. The first kappa shape index (κ1) is 17.1. The molecule has 1 aromatic heterocycles. The number of nitrogens with one attached hydrogen (secondary N) is 1. The Morgan fingerprint density at radius 1 is 1.26 bits per heavy atom. The van der Waals surface area contributed by atoms with Crippen molar-refractivity contribution in [2.75, 3.05) is 5.32 Å². The van der Waals surface area contributed by atoms with E-state index in [4.69, 9.17) is 4.74 Å². The molecule has 0 saturated heterocycles. The van der Waals surface area contributed by atoms with Gasteiger partial charge in [-0.25, -0.2) is 4.98 Å². The summed E-state index contributed by atoms with van der Waals surface area (Å²) >= 11 is 1.39. The molecule has 0 bridgehead atoms. The van der Waals surface area contributed by atoms with Gasteiger partial charge >= 0.3 is 5.97 Å². The molecule has 0 fully saturated rings. The molecule has 0 saturated carbocycles. The highest BCUT2D eigenvalue weighted by molar-refractivity contribution is 7.09. The number of rotatable bonds is 7. The summed E-state index contributed by atoms with van der Waals surface area (Å²) in [5.74, 6) is -0.336. The van der Waals surface area contributed by atoms with E-state index in [2.05, 4.69) is 10.3 Å². The van der Waals surface area contributed by atoms with Crippen molar-refractivity contribution < 1.29 is 14.3 Å². The van der Waals surface area contributed by atoms with Crippen molar-refractivity contribution in [3.8, 4) is 0 Å². The van der Waals surface area contributed by atoms with Gasteiger partial charge in [-0.05, 0) is 25.5 Å². The largest absolute Gasteiger partial charge is 0.459 e. The number of ether oxygens (including phenoxy) is 1. The summed E-state index contributed by atoms with van der Waals surface area (Å²) < 4.78 is 5.10. The van der Waals surface area contributed by atoms with Gasteiger partial charge in [0.2, 0.25) is 5.91 Å². The van der Waals surface area contributed by atoms with Gasteiger partial charge in [-0.1, -0.05) is 24.6 Å². The van der Waals surface area contributed by atoms with E-state index in [9.17, 15) is 9.59 Å². The van der Waals surface area contributed by atoms with Crippen LogP contribution in [0.1, 0.15) is 36.0 Å². The molecule has 0 aliphatic rings. The zero-order chi connectivity index (χ0) is 16.7. The molecule has 0 spiro atoms. The number of aryl methyl sites for hydroxylation is 1. The van der Waals surface area contributed by atoms with Gasteiger partial charge in [-0.3, -0.25) is 9.59 Å². The molecule has 6 heteroatoms. The summed E-state index contributed by atoms with van der Waals surface area (Å²) in [6.45, 7) is 4.08. The van der Waals surface area contributed by atoms with E-state index in [1.54, 1.807) is 0 Å². The minimum absolute atomic E-state index is 0.113. The monoisotopic (exact) mass is 332 g/mol. The molecule has 1 amide bonds. The van der Waals surface area contributed by atoms with Crippen LogP contribution in [0.5, 0.6) is 0 Å². The second-order valence-corrected chi connectivity index (χ2v) is 6.18. The first-order valence-corrected chi connectivity index (χ1v) is 8.40. The standard InChI is InChI=1S/C17H20N2O3S/c1-3-4-17(21)22-10-14-11-23-16(19-14)9-15(20)18-13-7-5-12(2)6-8-13/h5-8,11H,3-4,9-10H2,1-2H3,(H,18,20). The summed E-state index contributed by atoms with van der Waals surface area (Å²) in [6.07, 6.45) is 1.39. The third kappa shape index (κ3) is 5.83. The van der Waals surface area contributed by atoms with Gasteiger partial charge in [-0.2, -0.15) is 0 Å². The fourth-order valence-electron chi connectivity index (χ4n) is 1.91. The second-order valence-electron chi connectivity index (χ2n) is 5.23. The zero-order valence-corrected chi connectivity index (χ0v) is 14.1. The Morgan fingerprint density at radius 2 is 2.00 bits per heavy atom. The molecule has 2 rings (SSSR count). The second kappa shape index (κ2) is 8.43. The van der Waals surface area contributed by atoms with Crippen LogP contribution < -0.4 is 5.32 Å². The van der Waals surface area contributed by atoms with Gasteiger partial charge in [-0.15, -0.1) is 11.3 Å². The lowest BCUT2D eigenvalue weighted by Gasteiger charge is -2.04. The molecule has 0 unspecified atom stereocenters. The maximum absolute atomic E-state index is 12.0. The molecule has 1 heterocycles. The fourth-order valence-corrected chi connectivity index (χ4v) is 2.68. The van der Waals surface area contributed by atoms with Crippen LogP contribution in [0.3, 0.4) is 0 Å². The smallest absolute Gasteiger partial charge is 0.306 e. The van der Waals surface area contributed by atoms with Gasteiger partial charge in [0, 0.05) is 17.5 Å². The molecule has 0 radical (unpaired) electrons. The normalized spacial score (nSPS) is 10.3. The number of anilines is 1. The van der Waals surface area contributed by atoms with Crippen molar-refractivity contribution in [3.63, 3.8) is 0 Å². The van der Waals surface area contributed by atoms with Gasteiger partial charge < -0.3 is 10.1 Å². The van der Waals surface area contributed by atoms with Crippen molar-refractivity contribution in [3.05, 3.63) is 45.9 Å². The predicted molar refractivity (Wildman–Crippen MR) is 90.3 cm³/mol. The van der Waals surface area contributed by atoms with Crippen molar-refractivity contribution in [1.82, 2.24) is 4.98 Å². The number of thiazole rings is 1. The summed E-state index contributed by atoms with van der Waals surface area (Å²) in [6, 6.07) is 7.63. The van der Waals surface area contributed by atoms with Crippen LogP contribution in [0.4, 0.5) is 5.69 Å². The average Bonchev–Trinajstić information content (AvgIpc) is 2.95. The van der Waals surface area contributed by atoms with E-state index in [0.717, 1.165) is 17.7 Å². The average molecular weight is 332 g/mol. The van der Waals surface area contributed by atoms with Crippen LogP contribution in [0.2, 0.25) is 0 Å². The Balaban J connectivity index is 1.82. The van der Waals surface area contributed by atoms with Crippen LogP contribution in [0.25, 0.3) is 0 Å². The molecule has 23 heavy (non-hydrogen) atoms. The van der Waals surface area contributed by atoms with Crippen molar-refractivity contribution in [1.29, 1.82) is 0 Å². The number of amides is 1. The number of carbonyl (C=O) groups excluding carboxylic acids is 2. The summed E-state index contributed by atoms with van der Waals surface area (Å²) in [4.78, 5) is 27.6. The van der Waals surface area contributed by atoms with Crippen LogP contribution in [0.15, 0.2) is 29.6 Å². The van der Waals surface area contributed by atoms with E-state index >= 15 is 0 Å². The lowest BCUT2D eigenvalue weighted by Crippen LogP contribution is -2.14. The van der Waals surface area contributed by atoms with E-state index in [0.29, 0.717) is 17.1 Å². The molecular weight excluding hydrogens is 312 g/mol. The molecule has 5 nitrogen and oxygen atoms in total. The van der Waals surface area contributed by atoms with E-state index in [1.807, 2.05) is 43.5 Å². The Hall–Kier alpha value is -2.21. The fraction of sp³-hybridized carbons (Fsp3) is 0.353. The summed E-state index contributed by atoms with van der Waals surface area (Å²) in [5.41, 5.74) is 2.59. The summed E-state index contributed by atoms with van der Waals surface area (Å²) in [5, 5.41) is 5.35. The number of carbonyl (C=O) groups is 2. The number of benzene rings is 1. The zero-order valence-electron chi connectivity index (χ0n) is 13.3. The van der Waals surface area contributed by atoms with E-state index < -0.39 is 0 Å². The van der Waals surface area contributed by atoms with Crippen LogP contribution >= 0.6 is 11.3 Å². The van der Waals surface area contributed by atoms with E-state index in [-0.39, 0.29) is 24.9 Å². The Bertz CT molecular complexity index is 665. The number of hydrogen-bond donors (Lipinski definition) is 1. The minimum Gasteiger partial charge on any atom is -0.459 e. The van der Waals surface area contributed by atoms with Crippen molar-refractivity contribution in [2.24, 2.45) is 0 Å². The SMILES string of the molecule is CCCC(=O)OCc1csc(CC(=O)Nc2ccc(C)cc2)n1. The topological polar surface area (TPSA) is 68.3 Å². The van der Waals surface area contributed by atoms with Crippen LogP contribution in [-0.2, 0) is 27.4 Å².